The number of hydrogen-bond donors (Lipinski definition) is 0. The van der Waals surface area contributed by atoms with E-state index in [0.717, 1.165) is 10.1 Å². The molecular formula is C10H19AuN2PS. The molecule has 1 atom stereocenters. The van der Waals surface area contributed by atoms with Gasteiger partial charge in [-0.15, -0.1) is 0 Å². The van der Waals surface area contributed by atoms with Crippen LogP contribution in [0.4, 0.5) is 0 Å². The Morgan fingerprint density at radius 1 is 1.47 bits per heavy atom. The Labute approximate surface area is 114 Å². The summed E-state index contributed by atoms with van der Waals surface area (Å²) in [6.45, 7) is 6.92. The largest absolute Gasteiger partial charge is 0.329 e. The summed E-state index contributed by atoms with van der Waals surface area (Å²) < 4.78 is 2.10. The van der Waals surface area contributed by atoms with Gasteiger partial charge in [-0.1, -0.05) is 33.5 Å². The number of thioether (sulfide) groups is 1. The number of rotatable bonds is 5. The molecule has 1 aromatic heterocycles. The van der Waals surface area contributed by atoms with Crippen LogP contribution in [0.3, 0.4) is 0 Å². The molecule has 1 aromatic rings. The number of nitrogens with zero attached hydrogens (tertiary/aromatic N) is 2. The Balaban J connectivity index is 0.00000196. The van der Waals surface area contributed by atoms with Crippen molar-refractivity contribution in [1.29, 1.82) is 0 Å². The molecule has 5 heteroatoms. The first-order valence-electron chi connectivity index (χ1n) is 5.07. The third-order valence-corrected chi connectivity index (χ3v) is 7.19. The summed E-state index contributed by atoms with van der Waals surface area (Å²) in [6.07, 6.45) is 6.53. The van der Waals surface area contributed by atoms with Crippen LogP contribution in [0.25, 0.3) is 0 Å². The van der Waals surface area contributed by atoms with E-state index >= 15 is 0 Å². The number of imidazole rings is 1. The fourth-order valence-corrected chi connectivity index (χ4v) is 5.33. The normalized spacial score (nSPS) is 12.6. The van der Waals surface area contributed by atoms with E-state index in [0.29, 0.717) is 0 Å². The minimum Gasteiger partial charge on any atom is -0.329 e. The van der Waals surface area contributed by atoms with E-state index in [2.05, 4.69) is 37.4 Å². The van der Waals surface area contributed by atoms with Crippen LogP contribution in [-0.4, -0.2) is 26.9 Å². The topological polar surface area (TPSA) is 17.8 Å². The van der Waals surface area contributed by atoms with Crippen LogP contribution in [0.5, 0.6) is 0 Å². The molecule has 2 nitrogen and oxygen atoms in total. The zero-order valence-electron chi connectivity index (χ0n) is 9.70. The molecule has 1 heterocycles. The van der Waals surface area contributed by atoms with E-state index in [1.807, 2.05) is 24.2 Å². The van der Waals surface area contributed by atoms with E-state index in [9.17, 15) is 0 Å². The molecule has 0 fully saturated rings. The predicted molar refractivity (Wildman–Crippen MR) is 66.5 cm³/mol. The van der Waals surface area contributed by atoms with Crippen molar-refractivity contribution in [2.75, 3.05) is 12.3 Å². The van der Waals surface area contributed by atoms with E-state index < -0.39 is 0 Å². The fourth-order valence-electron chi connectivity index (χ4n) is 1.43. The molecule has 0 N–H and O–H groups in total. The summed E-state index contributed by atoms with van der Waals surface area (Å²) in [4.78, 5) is 5.07. The molecule has 0 aliphatic heterocycles. The van der Waals surface area contributed by atoms with Crippen LogP contribution in [0, 0.1) is 0 Å². The first-order chi connectivity index (χ1) is 6.69. The number of aromatic nitrogens is 2. The zero-order chi connectivity index (χ0) is 10.6. The van der Waals surface area contributed by atoms with Crippen molar-refractivity contribution in [3.05, 3.63) is 12.4 Å². The smallest absolute Gasteiger partial charge is 0.168 e. The Hall–Kier alpha value is 0.730. The zero-order valence-corrected chi connectivity index (χ0v) is 13.6. The third kappa shape index (κ3) is 4.62. The molecule has 0 aliphatic carbocycles. The van der Waals surface area contributed by atoms with Gasteiger partial charge in [0.2, 0.25) is 0 Å². The van der Waals surface area contributed by atoms with Crippen LogP contribution < -0.4 is 0 Å². The van der Waals surface area contributed by atoms with Crippen LogP contribution >= 0.6 is 19.7 Å². The number of hydrogen-bond acceptors (Lipinski definition) is 2. The van der Waals surface area contributed by atoms with E-state index in [1.54, 1.807) is 0 Å². The van der Waals surface area contributed by atoms with Gasteiger partial charge in [-0.2, -0.15) is 0 Å². The van der Waals surface area contributed by atoms with Gasteiger partial charge in [0.15, 0.2) is 5.16 Å². The summed E-state index contributed by atoms with van der Waals surface area (Å²) in [6, 6.07) is 0. The second-order valence-electron chi connectivity index (χ2n) is 3.26. The van der Waals surface area contributed by atoms with Gasteiger partial charge in [0, 0.05) is 46.8 Å². The molecular weight excluding hydrogens is 408 g/mol. The van der Waals surface area contributed by atoms with E-state index in [4.69, 9.17) is 0 Å². The molecule has 0 spiro atoms. The molecule has 0 aliphatic rings. The van der Waals surface area contributed by atoms with Crippen molar-refractivity contribution in [2.45, 2.75) is 30.9 Å². The summed E-state index contributed by atoms with van der Waals surface area (Å²) in [5.41, 5.74) is 0. The van der Waals surface area contributed by atoms with Crippen LogP contribution in [-0.2, 0) is 29.4 Å². The molecule has 0 amide bonds. The van der Waals surface area contributed by atoms with Gasteiger partial charge >= 0.3 is 0 Å². The van der Waals surface area contributed by atoms with Crippen LogP contribution in [0.2, 0.25) is 0 Å². The van der Waals surface area contributed by atoms with Crippen molar-refractivity contribution in [3.63, 3.8) is 0 Å². The number of aryl methyl sites for hydroxylation is 1. The van der Waals surface area contributed by atoms with Gasteiger partial charge in [-0.25, -0.2) is 4.98 Å². The first kappa shape index (κ1) is 15.7. The van der Waals surface area contributed by atoms with Gasteiger partial charge in [0.25, 0.3) is 0 Å². The van der Waals surface area contributed by atoms with Crippen molar-refractivity contribution in [2.24, 2.45) is 7.05 Å². The molecule has 1 unspecified atom stereocenters. The standard InChI is InChI=1S/C10H19N2PS.Au/c1-5-13(6-2)9(3)14-10-11-7-8-12(10)4;/h7-9H,5-6H2,1-4H3;. The van der Waals surface area contributed by atoms with Gasteiger partial charge in [-0.05, 0) is 19.2 Å². The Morgan fingerprint density at radius 3 is 2.47 bits per heavy atom. The minimum atomic E-state index is 0. The average Bonchev–Trinajstić information content (AvgIpc) is 2.54. The maximum atomic E-state index is 4.34. The Kier molecular flexibility index (Phi) is 8.30. The van der Waals surface area contributed by atoms with Crippen molar-refractivity contribution >= 4 is 19.7 Å². The molecule has 1 radical (unpaired) electrons. The average molecular weight is 427 g/mol. The first-order valence-corrected chi connectivity index (χ1v) is 7.73. The van der Waals surface area contributed by atoms with Gasteiger partial charge < -0.3 is 4.57 Å². The van der Waals surface area contributed by atoms with Crippen molar-refractivity contribution in [3.8, 4) is 0 Å². The maximum absolute atomic E-state index is 4.34. The molecule has 0 saturated carbocycles. The van der Waals surface area contributed by atoms with Gasteiger partial charge in [0.05, 0.1) is 0 Å². The Morgan fingerprint density at radius 2 is 2.07 bits per heavy atom. The summed E-state index contributed by atoms with van der Waals surface area (Å²) in [5, 5.41) is 1.15. The summed E-state index contributed by atoms with van der Waals surface area (Å²) >= 11 is 1.91. The molecule has 0 saturated heterocycles. The molecule has 0 bridgehead atoms. The quantitative estimate of drug-likeness (QED) is 0.408. The monoisotopic (exact) mass is 427 g/mol. The third-order valence-electron chi connectivity index (χ3n) is 2.38. The van der Waals surface area contributed by atoms with Gasteiger partial charge in [-0.3, -0.25) is 0 Å². The molecule has 0 aromatic carbocycles. The second kappa shape index (κ2) is 7.92. The predicted octanol–water partition coefficient (Wildman–Crippen LogP) is 3.38. The SMILES string of the molecule is CCP(CC)C(C)Sc1nccn1C.[Au]. The van der Waals surface area contributed by atoms with E-state index in [-0.39, 0.29) is 30.3 Å². The summed E-state index contributed by atoms with van der Waals surface area (Å²) in [5.74, 6) is 0. The molecule has 15 heavy (non-hydrogen) atoms. The van der Waals surface area contributed by atoms with Crippen LogP contribution in [0.15, 0.2) is 17.6 Å². The van der Waals surface area contributed by atoms with Crippen LogP contribution in [0.1, 0.15) is 20.8 Å². The minimum absolute atomic E-state index is 0. The van der Waals surface area contributed by atoms with Crippen molar-refractivity contribution in [1.82, 2.24) is 9.55 Å². The Bertz CT molecular complexity index is 276. The molecule has 91 valence electrons. The summed E-state index contributed by atoms with van der Waals surface area (Å²) in [7, 11) is 2.23. The van der Waals surface area contributed by atoms with Crippen molar-refractivity contribution < 1.29 is 22.4 Å². The molecule has 1 rings (SSSR count). The maximum Gasteiger partial charge on any atom is 0.168 e. The fraction of sp³-hybridized carbons (Fsp3) is 0.700. The van der Waals surface area contributed by atoms with Gasteiger partial charge in [0.1, 0.15) is 0 Å². The second-order valence-corrected chi connectivity index (χ2v) is 8.13. The van der Waals surface area contributed by atoms with E-state index in [1.165, 1.54) is 12.3 Å².